The summed E-state index contributed by atoms with van der Waals surface area (Å²) in [5.41, 5.74) is 5.01. The molecule has 1 aromatic rings. The van der Waals surface area contributed by atoms with Crippen molar-refractivity contribution in [2.45, 2.75) is 79.4 Å². The van der Waals surface area contributed by atoms with Gasteiger partial charge in [0.25, 0.3) is 0 Å². The Morgan fingerprint density at radius 3 is 2.31 bits per heavy atom. The predicted octanol–water partition coefficient (Wildman–Crippen LogP) is 8.56. The first kappa shape index (κ1) is 31.3. The van der Waals surface area contributed by atoms with Crippen molar-refractivity contribution in [2.75, 3.05) is 24.6 Å². The molecule has 0 aromatic heterocycles. The van der Waals surface area contributed by atoms with E-state index in [-0.39, 0.29) is 18.4 Å². The molecule has 1 N–H and O–H groups in total. The molecule has 0 unspecified atom stereocenters. The van der Waals surface area contributed by atoms with E-state index in [9.17, 15) is 9.50 Å². The van der Waals surface area contributed by atoms with Gasteiger partial charge in [0.15, 0.2) is 0 Å². The van der Waals surface area contributed by atoms with E-state index in [2.05, 4.69) is 80.8 Å². The Kier molecular flexibility index (Phi) is 10.8. The monoisotopic (exact) mass is 600 g/mol. The van der Waals surface area contributed by atoms with Crippen LogP contribution in [0.25, 0.3) is 0 Å². The fourth-order valence-electron chi connectivity index (χ4n) is 5.26. The van der Waals surface area contributed by atoms with Gasteiger partial charge in [0.2, 0.25) is 0 Å². The first-order valence-electron chi connectivity index (χ1n) is 14.3. The van der Waals surface area contributed by atoms with Crippen LogP contribution in [-0.2, 0) is 11.3 Å². The van der Waals surface area contributed by atoms with Crippen LogP contribution in [0.4, 0.5) is 10.1 Å². The number of ether oxygens (including phenoxy) is 1. The second-order valence-corrected chi connectivity index (χ2v) is 12.4. The molecule has 4 nitrogen and oxygen atoms in total. The summed E-state index contributed by atoms with van der Waals surface area (Å²) in [6, 6.07) is 3.30. The minimum atomic E-state index is -0.423. The molecular formula is C33H46BrFN2O2. The lowest BCUT2D eigenvalue weighted by Crippen LogP contribution is -2.45. The Hall–Kier alpha value is -2.18. The van der Waals surface area contributed by atoms with Gasteiger partial charge >= 0.3 is 0 Å². The molecule has 3 rings (SSSR count). The van der Waals surface area contributed by atoms with Crippen LogP contribution in [0.2, 0.25) is 0 Å². The minimum Gasteiger partial charge on any atom is -0.498 e. The number of halogens is 2. The average Bonchev–Trinajstić information content (AvgIpc) is 3.72. The molecule has 0 atom stereocenters. The molecule has 0 amide bonds. The average molecular weight is 602 g/mol. The lowest BCUT2D eigenvalue weighted by Gasteiger charge is -2.42. The number of benzene rings is 1. The van der Waals surface area contributed by atoms with Gasteiger partial charge in [0.1, 0.15) is 5.82 Å². The molecule has 1 saturated heterocycles. The molecule has 0 spiro atoms. The number of aliphatic imine (C=N–C) groups is 1. The Morgan fingerprint density at radius 1 is 1.18 bits per heavy atom. The summed E-state index contributed by atoms with van der Waals surface area (Å²) >= 11 is 3.41. The van der Waals surface area contributed by atoms with E-state index in [0.29, 0.717) is 35.7 Å². The molecule has 1 aliphatic heterocycles. The third-order valence-electron chi connectivity index (χ3n) is 7.89. The summed E-state index contributed by atoms with van der Waals surface area (Å²) in [7, 11) is 0. The lowest BCUT2D eigenvalue weighted by atomic mass is 9.80. The molecule has 1 aromatic carbocycles. The fourth-order valence-corrected chi connectivity index (χ4v) is 5.68. The van der Waals surface area contributed by atoms with Crippen molar-refractivity contribution in [3.05, 3.63) is 75.8 Å². The van der Waals surface area contributed by atoms with Gasteiger partial charge in [0.05, 0.1) is 24.5 Å². The Morgan fingerprint density at radius 2 is 1.82 bits per heavy atom. The van der Waals surface area contributed by atoms with Gasteiger partial charge in [-0.25, -0.2) is 4.39 Å². The molecule has 6 heteroatoms. The van der Waals surface area contributed by atoms with E-state index >= 15 is 0 Å². The number of allylic oxidation sites excluding steroid dienone is 5. The quantitative estimate of drug-likeness (QED) is 0.113. The third kappa shape index (κ3) is 7.52. The molecule has 1 heterocycles. The standard InChI is InChI=1S/C33H46BrFN2O2/c1-9-39-31(21(2)3)13-12-27(24(8)25-10-11-25)32(22(4)5)36-33(23(6)7)14-16-37(17-15-33)30-19-26(34)18-29(35)28(30)20-38/h12-13,18-19,21-22,25,38H,6,8-11,14-17,20H2,1-5,7H3/b27-12+,31-13+,36-32?. The molecule has 1 aliphatic carbocycles. The van der Waals surface area contributed by atoms with Crippen LogP contribution in [0.3, 0.4) is 0 Å². The van der Waals surface area contributed by atoms with E-state index in [4.69, 9.17) is 9.73 Å². The summed E-state index contributed by atoms with van der Waals surface area (Å²) in [5.74, 6) is 1.56. The van der Waals surface area contributed by atoms with Crippen LogP contribution < -0.4 is 4.90 Å². The molecule has 2 aliphatic rings. The summed E-state index contributed by atoms with van der Waals surface area (Å²) in [4.78, 5) is 7.69. The highest BCUT2D eigenvalue weighted by atomic mass is 79.9. The summed E-state index contributed by atoms with van der Waals surface area (Å²) < 4.78 is 21.2. The molecular weight excluding hydrogens is 555 g/mol. The number of anilines is 1. The van der Waals surface area contributed by atoms with Crippen LogP contribution in [0.15, 0.2) is 69.4 Å². The maximum Gasteiger partial charge on any atom is 0.131 e. The Bertz CT molecular complexity index is 1150. The number of hydrogen-bond donors (Lipinski definition) is 1. The van der Waals surface area contributed by atoms with Crippen molar-refractivity contribution in [1.29, 1.82) is 0 Å². The second kappa shape index (κ2) is 13.5. The highest BCUT2D eigenvalue weighted by Gasteiger charge is 2.38. The van der Waals surface area contributed by atoms with Gasteiger partial charge in [-0.3, -0.25) is 4.99 Å². The first-order valence-corrected chi connectivity index (χ1v) is 15.1. The fraction of sp³-hybridized carbons (Fsp3) is 0.545. The summed E-state index contributed by atoms with van der Waals surface area (Å²) in [6.07, 6.45) is 8.13. The number of piperidine rings is 1. The predicted molar refractivity (Wildman–Crippen MR) is 166 cm³/mol. The largest absolute Gasteiger partial charge is 0.498 e. The van der Waals surface area contributed by atoms with E-state index in [1.165, 1.54) is 18.9 Å². The topological polar surface area (TPSA) is 45.1 Å². The Labute approximate surface area is 243 Å². The number of rotatable bonds is 12. The molecule has 214 valence electrons. The number of nitrogens with zero attached hydrogens (tertiary/aromatic N) is 2. The van der Waals surface area contributed by atoms with Crippen LogP contribution >= 0.6 is 15.9 Å². The SMILES string of the molecule is C=C(/C(=C\C=C(\OCC)C(C)C)C(=NC1(C(=C)C)CCN(c2cc(Br)cc(F)c2CO)CC1)C(C)C)C1CC1. The normalized spacial score (nSPS) is 18.6. The smallest absolute Gasteiger partial charge is 0.131 e. The van der Waals surface area contributed by atoms with Gasteiger partial charge in [0, 0.05) is 40.4 Å². The molecule has 0 bridgehead atoms. The van der Waals surface area contributed by atoms with Gasteiger partial charge in [-0.1, -0.05) is 62.4 Å². The van der Waals surface area contributed by atoms with Gasteiger partial charge in [-0.05, 0) is 86.8 Å². The molecule has 0 radical (unpaired) electrons. The van der Waals surface area contributed by atoms with Gasteiger partial charge < -0.3 is 14.7 Å². The number of hydrogen-bond acceptors (Lipinski definition) is 4. The second-order valence-electron chi connectivity index (χ2n) is 11.5. The lowest BCUT2D eigenvalue weighted by molar-refractivity contribution is 0.200. The van der Waals surface area contributed by atoms with Crippen molar-refractivity contribution >= 4 is 27.3 Å². The maximum absolute atomic E-state index is 14.6. The van der Waals surface area contributed by atoms with Gasteiger partial charge in [-0.2, -0.15) is 0 Å². The zero-order valence-electron chi connectivity index (χ0n) is 24.6. The van der Waals surface area contributed by atoms with E-state index in [1.54, 1.807) is 0 Å². The van der Waals surface area contributed by atoms with Crippen LogP contribution in [0, 0.1) is 23.6 Å². The van der Waals surface area contributed by atoms with E-state index < -0.39 is 11.4 Å². The van der Waals surface area contributed by atoms with Crippen LogP contribution in [-0.4, -0.2) is 36.1 Å². The highest BCUT2D eigenvalue weighted by molar-refractivity contribution is 9.10. The zero-order valence-corrected chi connectivity index (χ0v) is 26.2. The van der Waals surface area contributed by atoms with Crippen LogP contribution in [0.1, 0.15) is 72.8 Å². The van der Waals surface area contributed by atoms with Gasteiger partial charge in [-0.15, -0.1) is 0 Å². The van der Waals surface area contributed by atoms with E-state index in [0.717, 1.165) is 46.7 Å². The highest BCUT2D eigenvalue weighted by Crippen LogP contribution is 2.42. The van der Waals surface area contributed by atoms with Crippen molar-refractivity contribution in [3.63, 3.8) is 0 Å². The van der Waals surface area contributed by atoms with Crippen LogP contribution in [0.5, 0.6) is 0 Å². The maximum atomic E-state index is 14.6. The number of aliphatic hydroxyl groups excluding tert-OH is 1. The summed E-state index contributed by atoms with van der Waals surface area (Å²) in [5, 5.41) is 9.87. The molecule has 39 heavy (non-hydrogen) atoms. The summed E-state index contributed by atoms with van der Waals surface area (Å²) in [6.45, 7) is 23.4. The van der Waals surface area contributed by atoms with Crippen molar-refractivity contribution < 1.29 is 14.2 Å². The van der Waals surface area contributed by atoms with Crippen molar-refractivity contribution in [1.82, 2.24) is 0 Å². The number of aliphatic hydroxyl groups is 1. The first-order chi connectivity index (χ1) is 18.4. The van der Waals surface area contributed by atoms with Crippen molar-refractivity contribution in [2.24, 2.45) is 22.7 Å². The Balaban J connectivity index is 2.02. The van der Waals surface area contributed by atoms with Crippen molar-refractivity contribution in [3.8, 4) is 0 Å². The minimum absolute atomic E-state index is 0.198. The van der Waals surface area contributed by atoms with E-state index in [1.807, 2.05) is 13.0 Å². The molecule has 1 saturated carbocycles. The zero-order chi connectivity index (χ0) is 28.9. The third-order valence-corrected chi connectivity index (χ3v) is 8.35. The molecule has 2 fully saturated rings.